The summed E-state index contributed by atoms with van der Waals surface area (Å²) in [4.78, 5) is 4.43. The second-order valence-electron chi connectivity index (χ2n) is 5.55. The molecule has 0 radical (unpaired) electrons. The normalized spacial score (nSPS) is 28.0. The average Bonchev–Trinajstić information content (AvgIpc) is 3.38. The standard InChI is InChI=1S/C17H16N4O.Tm/c18-7-13-15(12-4-2-1-3-11(12)9-22)14(8-19)17(20)21-16(13)10-5-6-10;/h1-2,4,8-10,15,22H,5-6,19H2,(H2,20,21);/b11-9+,14-8-;. The number of nitrogens with zero attached hydrogens (tertiary/aromatic N) is 2. The van der Waals surface area contributed by atoms with Crippen LogP contribution >= 0.6 is 0 Å². The van der Waals surface area contributed by atoms with Crippen molar-refractivity contribution in [3.8, 4) is 6.07 Å². The van der Waals surface area contributed by atoms with Crippen LogP contribution in [0.3, 0.4) is 0 Å². The van der Waals surface area contributed by atoms with Crippen LogP contribution in [0.5, 0.6) is 0 Å². The molecular formula is C17H16N4OTm. The molecule has 0 aromatic rings. The van der Waals surface area contributed by atoms with E-state index in [4.69, 9.17) is 11.5 Å². The van der Waals surface area contributed by atoms with Crippen LogP contribution in [0.15, 0.2) is 63.7 Å². The molecule has 1 aliphatic heterocycles. The number of hydrogen-bond donors (Lipinski definition) is 3. The van der Waals surface area contributed by atoms with Crippen molar-refractivity contribution >= 4 is 7.54 Å². The van der Waals surface area contributed by atoms with E-state index in [-0.39, 0.29) is 0 Å². The number of nitrogens with two attached hydrogens (primary N) is 2. The van der Waals surface area contributed by atoms with Crippen LogP contribution in [0.25, 0.3) is 0 Å². The number of allylic oxidation sites excluding steroid dienone is 7. The van der Waals surface area contributed by atoms with E-state index in [0.717, 1.165) is 32.1 Å². The van der Waals surface area contributed by atoms with Crippen LogP contribution in [-0.4, -0.2) is 12.6 Å². The van der Waals surface area contributed by atoms with Gasteiger partial charge in [0, 0.05) is 0 Å². The maximum atomic E-state index is 9.74. The van der Waals surface area contributed by atoms with Gasteiger partial charge >= 0.3 is 158 Å². The molecule has 0 bridgehead atoms. The average molecular weight is 461 g/mol. The van der Waals surface area contributed by atoms with Gasteiger partial charge < -0.3 is 0 Å². The van der Waals surface area contributed by atoms with E-state index < -0.39 is 5.92 Å². The van der Waals surface area contributed by atoms with Crippen molar-refractivity contribution in [1.29, 1.82) is 5.26 Å². The molecule has 1 atom stereocenters. The van der Waals surface area contributed by atoms with Gasteiger partial charge in [-0.25, -0.2) is 0 Å². The molecule has 1 unspecified atom stereocenters. The molecular weight excluding hydrogens is 445 g/mol. The SMILES string of the molecule is N#CC1=C(C2CC2)N=C(N)/C(=C\N)C1C1=CC=C[C](=[Tm])/C1=C\O. The van der Waals surface area contributed by atoms with E-state index in [0.29, 0.717) is 28.5 Å². The van der Waals surface area contributed by atoms with Gasteiger partial charge in [-0.2, -0.15) is 0 Å². The van der Waals surface area contributed by atoms with Gasteiger partial charge in [0.05, 0.1) is 0 Å². The first kappa shape index (κ1) is 16.2. The zero-order chi connectivity index (χ0) is 16.6. The van der Waals surface area contributed by atoms with Crippen LogP contribution in [0.2, 0.25) is 0 Å². The molecule has 0 amide bonds. The number of aliphatic hydroxyl groups is 1. The second kappa shape index (κ2) is 6.47. The Balaban J connectivity index is 2.20. The molecule has 1 fully saturated rings. The summed E-state index contributed by atoms with van der Waals surface area (Å²) in [6, 6.07) is 2.30. The van der Waals surface area contributed by atoms with Crippen molar-refractivity contribution in [3.63, 3.8) is 0 Å². The van der Waals surface area contributed by atoms with Gasteiger partial charge in [-0.15, -0.1) is 0 Å². The molecule has 2 aliphatic carbocycles. The Morgan fingerprint density at radius 1 is 1.43 bits per heavy atom. The van der Waals surface area contributed by atoms with E-state index >= 15 is 0 Å². The first-order valence-electron chi connectivity index (χ1n) is 7.23. The Morgan fingerprint density at radius 3 is 2.74 bits per heavy atom. The van der Waals surface area contributed by atoms with Crippen LogP contribution in [0.1, 0.15) is 12.8 Å². The number of hydrogen-bond acceptors (Lipinski definition) is 5. The number of aliphatic imine (C=N–C) groups is 1. The molecule has 5 nitrogen and oxygen atoms in total. The van der Waals surface area contributed by atoms with E-state index in [1.807, 2.05) is 18.2 Å². The van der Waals surface area contributed by atoms with Crippen molar-refractivity contribution < 1.29 is 39.5 Å². The molecule has 3 aliphatic rings. The second-order valence-corrected chi connectivity index (χ2v) is 6.51. The van der Waals surface area contributed by atoms with Gasteiger partial charge in [0.15, 0.2) is 0 Å². The van der Waals surface area contributed by atoms with Gasteiger partial charge in [-0.1, -0.05) is 0 Å². The summed E-state index contributed by atoms with van der Waals surface area (Å²) < 4.78 is 0.813. The van der Waals surface area contributed by atoms with E-state index in [2.05, 4.69) is 45.5 Å². The maximum absolute atomic E-state index is 9.74. The summed E-state index contributed by atoms with van der Waals surface area (Å²) in [6.07, 6.45) is 10.1. The summed E-state index contributed by atoms with van der Waals surface area (Å²) >= 11 is 2.81. The summed E-state index contributed by atoms with van der Waals surface area (Å²) in [7, 11) is 0. The third-order valence-electron chi connectivity index (χ3n) is 4.16. The zero-order valence-electron chi connectivity index (χ0n) is 12.2. The van der Waals surface area contributed by atoms with Crippen molar-refractivity contribution in [3.05, 3.63) is 58.7 Å². The molecule has 23 heavy (non-hydrogen) atoms. The molecule has 6 heteroatoms. The first-order chi connectivity index (χ1) is 11.1. The fourth-order valence-electron chi connectivity index (χ4n) is 2.91. The molecule has 0 aromatic carbocycles. The molecule has 3 rings (SSSR count). The van der Waals surface area contributed by atoms with Crippen molar-refractivity contribution in [1.82, 2.24) is 0 Å². The van der Waals surface area contributed by atoms with Gasteiger partial charge in [-0.05, 0) is 0 Å². The fourth-order valence-corrected chi connectivity index (χ4v) is 3.45. The number of aliphatic hydroxyl groups excluding tert-OH is 1. The van der Waals surface area contributed by atoms with Crippen molar-refractivity contribution in [2.24, 2.45) is 28.3 Å². The Labute approximate surface area is 157 Å². The van der Waals surface area contributed by atoms with Gasteiger partial charge in [0.2, 0.25) is 0 Å². The summed E-state index contributed by atoms with van der Waals surface area (Å²) in [5, 5.41) is 19.4. The van der Waals surface area contributed by atoms with Crippen LogP contribution in [0.4, 0.5) is 0 Å². The van der Waals surface area contributed by atoms with E-state index in [1.54, 1.807) is 0 Å². The third-order valence-corrected chi connectivity index (χ3v) is 4.94. The number of nitriles is 1. The zero-order valence-corrected chi connectivity index (χ0v) is 14.0. The molecule has 1 saturated carbocycles. The predicted octanol–water partition coefficient (Wildman–Crippen LogP) is 1.66. The minimum absolute atomic E-state index is 0.295. The van der Waals surface area contributed by atoms with Crippen molar-refractivity contribution in [2.75, 3.05) is 0 Å². The van der Waals surface area contributed by atoms with Gasteiger partial charge in [-0.3, -0.25) is 0 Å². The third kappa shape index (κ3) is 2.82. The molecule has 0 spiro atoms. The Bertz CT molecular complexity index is 801. The van der Waals surface area contributed by atoms with E-state index in [9.17, 15) is 10.4 Å². The molecule has 1 heterocycles. The molecule has 123 valence electrons. The summed E-state index contributed by atoms with van der Waals surface area (Å²) in [5.74, 6) is 0.227. The van der Waals surface area contributed by atoms with Crippen LogP contribution < -0.4 is 11.5 Å². The number of amidine groups is 1. The predicted molar refractivity (Wildman–Crippen MR) is 85.7 cm³/mol. The Morgan fingerprint density at radius 2 is 2.17 bits per heavy atom. The van der Waals surface area contributed by atoms with Crippen molar-refractivity contribution in [2.45, 2.75) is 12.8 Å². The summed E-state index contributed by atoms with van der Waals surface area (Å²) in [6.45, 7) is 0. The minimum atomic E-state index is -0.410. The monoisotopic (exact) mass is 461 g/mol. The first-order valence-corrected chi connectivity index (χ1v) is 8.12. The quantitative estimate of drug-likeness (QED) is 0.544. The topological polar surface area (TPSA) is 108 Å². The van der Waals surface area contributed by atoms with E-state index in [1.165, 1.54) is 6.20 Å². The van der Waals surface area contributed by atoms with Gasteiger partial charge in [0.25, 0.3) is 0 Å². The Kier molecular flexibility index (Phi) is 4.56. The summed E-state index contributed by atoms with van der Waals surface area (Å²) in [5.41, 5.74) is 15.2. The number of rotatable bonds is 2. The van der Waals surface area contributed by atoms with Crippen LogP contribution in [0, 0.1) is 57.6 Å². The Hall–Kier alpha value is -1.64. The molecule has 0 saturated heterocycles. The van der Waals surface area contributed by atoms with Gasteiger partial charge in [0.1, 0.15) is 0 Å². The molecule has 5 N–H and O–H groups in total. The molecule has 0 aromatic heterocycles. The fraction of sp³-hybridized carbons (Fsp3) is 0.235. The van der Waals surface area contributed by atoms with Crippen LogP contribution in [-0.2, 0) is 0 Å².